The van der Waals surface area contributed by atoms with E-state index in [1.165, 1.54) is 12.1 Å². The number of hydrogen-bond donors (Lipinski definition) is 2. The van der Waals surface area contributed by atoms with E-state index < -0.39 is 24.6 Å². The zero-order chi connectivity index (χ0) is 28.5. The normalized spacial score (nSPS) is 16.4. The number of nitrogens with zero attached hydrogens (tertiary/aromatic N) is 6. The Kier molecular flexibility index (Phi) is 8.07. The van der Waals surface area contributed by atoms with Gasteiger partial charge in [-0.2, -0.15) is 28.6 Å². The molecule has 0 aliphatic carbocycles. The van der Waals surface area contributed by atoms with Gasteiger partial charge < -0.3 is 15.6 Å². The van der Waals surface area contributed by atoms with Gasteiger partial charge in [-0.3, -0.25) is 9.58 Å². The van der Waals surface area contributed by atoms with E-state index in [0.717, 1.165) is 5.56 Å². The number of piperidine rings is 1. The molecule has 0 amide bonds. The number of ether oxygens (including phenoxy) is 1. The van der Waals surface area contributed by atoms with Crippen LogP contribution in [0.15, 0.2) is 30.5 Å². The van der Waals surface area contributed by atoms with Crippen LogP contribution in [0.5, 0.6) is 0 Å². The van der Waals surface area contributed by atoms with Crippen molar-refractivity contribution >= 4 is 5.82 Å². The second-order valence-corrected chi connectivity index (χ2v) is 10.9. The monoisotopic (exact) mass is 545 g/mol. The highest BCUT2D eigenvalue weighted by atomic mass is 19.4. The molecule has 9 nitrogen and oxygen atoms in total. The highest BCUT2D eigenvalue weighted by Gasteiger charge is 2.31. The average Bonchev–Trinajstić information content (AvgIpc) is 3.36. The third kappa shape index (κ3) is 6.98. The van der Waals surface area contributed by atoms with Gasteiger partial charge in [0.05, 0.1) is 30.3 Å². The van der Waals surface area contributed by atoms with Gasteiger partial charge in [0.1, 0.15) is 23.1 Å². The van der Waals surface area contributed by atoms with Crippen molar-refractivity contribution in [1.82, 2.24) is 24.5 Å². The van der Waals surface area contributed by atoms with Crippen LogP contribution in [0, 0.1) is 18.3 Å². The molecular weight excluding hydrogens is 511 g/mol. The maximum atomic E-state index is 12.6. The Hall–Kier alpha value is -3.40. The van der Waals surface area contributed by atoms with Crippen molar-refractivity contribution < 1.29 is 23.0 Å². The third-order valence-electron chi connectivity index (χ3n) is 6.65. The molecule has 1 saturated heterocycles. The van der Waals surface area contributed by atoms with Gasteiger partial charge in [-0.05, 0) is 51.7 Å². The Morgan fingerprint density at radius 3 is 2.31 bits per heavy atom. The molecule has 1 atom stereocenters. The summed E-state index contributed by atoms with van der Waals surface area (Å²) < 4.78 is 46.9. The van der Waals surface area contributed by atoms with Crippen molar-refractivity contribution in [2.75, 3.05) is 18.8 Å². The molecule has 0 bridgehead atoms. The van der Waals surface area contributed by atoms with Gasteiger partial charge in [0, 0.05) is 24.8 Å². The lowest BCUT2D eigenvalue weighted by molar-refractivity contribution is -0.243. The maximum Gasteiger partial charge on any atom is 0.393 e. The van der Waals surface area contributed by atoms with Gasteiger partial charge >= 0.3 is 6.18 Å². The van der Waals surface area contributed by atoms with E-state index in [-0.39, 0.29) is 23.0 Å². The van der Waals surface area contributed by atoms with E-state index in [0.29, 0.717) is 49.4 Å². The van der Waals surface area contributed by atoms with E-state index >= 15 is 0 Å². The number of likely N-dealkylation sites (tertiary alicyclic amines) is 1. The summed E-state index contributed by atoms with van der Waals surface area (Å²) >= 11 is 0. The molecule has 4 rings (SSSR count). The van der Waals surface area contributed by atoms with Crippen LogP contribution >= 0.6 is 0 Å². The molecule has 12 heteroatoms. The van der Waals surface area contributed by atoms with E-state index in [1.54, 1.807) is 27.7 Å². The molecule has 1 unspecified atom stereocenters. The number of aryl methyl sites for hydroxylation is 1. The van der Waals surface area contributed by atoms with Crippen LogP contribution in [-0.4, -0.2) is 60.8 Å². The number of aliphatic hydroxyl groups is 1. The number of halogens is 3. The number of benzene rings is 1. The Morgan fingerprint density at radius 1 is 1.13 bits per heavy atom. The van der Waals surface area contributed by atoms with Gasteiger partial charge in [-0.1, -0.05) is 24.3 Å². The molecule has 1 aromatic carbocycles. The molecular formula is C27H34F3N7O2. The van der Waals surface area contributed by atoms with Crippen LogP contribution in [0.3, 0.4) is 0 Å². The first kappa shape index (κ1) is 28.6. The molecule has 1 fully saturated rings. The summed E-state index contributed by atoms with van der Waals surface area (Å²) in [6, 6.07) is 8.37. The fraction of sp³-hybridized carbons (Fsp3) is 0.519. The zero-order valence-electron chi connectivity index (χ0n) is 22.5. The van der Waals surface area contributed by atoms with Crippen molar-refractivity contribution in [3.05, 3.63) is 52.8 Å². The summed E-state index contributed by atoms with van der Waals surface area (Å²) in [7, 11) is 0. The molecule has 3 N–H and O–H groups in total. The van der Waals surface area contributed by atoms with Gasteiger partial charge in [-0.25, -0.2) is 4.68 Å². The summed E-state index contributed by atoms with van der Waals surface area (Å²) in [6.45, 7) is 8.98. The molecule has 1 aliphatic heterocycles. The number of aromatic nitrogens is 4. The highest BCUT2D eigenvalue weighted by Crippen LogP contribution is 2.34. The van der Waals surface area contributed by atoms with E-state index in [1.807, 2.05) is 32.6 Å². The SMILES string of the molecule is Cc1nn(Cc2ccc(CC(F)(F)F)cc2)cc1-c1nn(C2CCN(C(O)OC(C)(C)C)CC2)c(N)c1C#N. The van der Waals surface area contributed by atoms with Crippen LogP contribution in [0.1, 0.15) is 62.0 Å². The first-order valence-electron chi connectivity index (χ1n) is 12.8. The number of hydrogen-bond acceptors (Lipinski definition) is 7. The fourth-order valence-corrected chi connectivity index (χ4v) is 4.78. The van der Waals surface area contributed by atoms with E-state index in [9.17, 15) is 23.5 Å². The Balaban J connectivity index is 1.49. The molecule has 0 saturated carbocycles. The summed E-state index contributed by atoms with van der Waals surface area (Å²) in [5.74, 6) is 0.282. The smallest absolute Gasteiger partial charge is 0.383 e. The first-order chi connectivity index (χ1) is 18.2. The Labute approximate surface area is 225 Å². The van der Waals surface area contributed by atoms with Crippen molar-refractivity contribution in [3.63, 3.8) is 0 Å². The van der Waals surface area contributed by atoms with Crippen LogP contribution in [0.25, 0.3) is 11.3 Å². The predicted octanol–water partition coefficient (Wildman–Crippen LogP) is 4.39. The summed E-state index contributed by atoms with van der Waals surface area (Å²) in [6.07, 6.45) is -3.11. The summed E-state index contributed by atoms with van der Waals surface area (Å²) in [5.41, 5.74) is 8.94. The number of rotatable bonds is 7. The van der Waals surface area contributed by atoms with Crippen LogP contribution in [0.2, 0.25) is 0 Å². The second-order valence-electron chi connectivity index (χ2n) is 10.9. The first-order valence-corrected chi connectivity index (χ1v) is 12.8. The molecule has 39 heavy (non-hydrogen) atoms. The topological polar surface area (TPSA) is 118 Å². The molecule has 210 valence electrons. The number of nitrogen functional groups attached to an aromatic ring is 1. The molecule has 2 aromatic heterocycles. The van der Waals surface area contributed by atoms with Crippen molar-refractivity contribution in [2.24, 2.45) is 0 Å². The number of anilines is 1. The van der Waals surface area contributed by atoms with Crippen LogP contribution in [0.4, 0.5) is 19.0 Å². The Bertz CT molecular complexity index is 1330. The summed E-state index contributed by atoms with van der Waals surface area (Å²) in [5, 5.41) is 29.6. The minimum absolute atomic E-state index is 0.0468. The van der Waals surface area contributed by atoms with Crippen molar-refractivity contribution in [1.29, 1.82) is 5.26 Å². The van der Waals surface area contributed by atoms with Crippen molar-refractivity contribution in [2.45, 2.75) is 77.7 Å². The molecule has 3 aromatic rings. The third-order valence-corrected chi connectivity index (χ3v) is 6.65. The Morgan fingerprint density at radius 2 is 1.74 bits per heavy atom. The molecule has 3 heterocycles. The number of aliphatic hydroxyl groups excluding tert-OH is 1. The van der Waals surface area contributed by atoms with Gasteiger partial charge in [-0.15, -0.1) is 0 Å². The van der Waals surface area contributed by atoms with Gasteiger partial charge in [0.2, 0.25) is 6.41 Å². The fourth-order valence-electron chi connectivity index (χ4n) is 4.78. The van der Waals surface area contributed by atoms with Gasteiger partial charge in [0.25, 0.3) is 0 Å². The lowest BCUT2D eigenvalue weighted by Crippen LogP contribution is -2.46. The maximum absolute atomic E-state index is 12.6. The lowest BCUT2D eigenvalue weighted by atomic mass is 10.1. The van der Waals surface area contributed by atoms with E-state index in [4.69, 9.17) is 15.6 Å². The van der Waals surface area contributed by atoms with Gasteiger partial charge in [0.15, 0.2) is 0 Å². The largest absolute Gasteiger partial charge is 0.393 e. The van der Waals surface area contributed by atoms with Crippen molar-refractivity contribution in [3.8, 4) is 17.3 Å². The average molecular weight is 546 g/mol. The lowest BCUT2D eigenvalue weighted by Gasteiger charge is -2.37. The van der Waals surface area contributed by atoms with Crippen LogP contribution in [-0.2, 0) is 17.7 Å². The quantitative estimate of drug-likeness (QED) is 0.423. The number of nitriles is 1. The molecule has 1 aliphatic rings. The van der Waals surface area contributed by atoms with E-state index in [2.05, 4.69) is 11.2 Å². The van der Waals surface area contributed by atoms with Crippen LogP contribution < -0.4 is 5.73 Å². The predicted molar refractivity (Wildman–Crippen MR) is 139 cm³/mol. The standard InChI is InChI=1S/C27H34F3N7O2/c1-17-22(16-36(33-17)15-19-7-5-18(6-8-19)13-27(28,29)30)23-21(14-31)24(32)37(34-23)20-9-11-35(12-10-20)25(38)39-26(2,3)4/h5-8,16,20,25,38H,9-13,15,32H2,1-4H3. The zero-order valence-corrected chi connectivity index (χ0v) is 22.5. The molecule has 0 spiro atoms. The minimum Gasteiger partial charge on any atom is -0.383 e. The summed E-state index contributed by atoms with van der Waals surface area (Å²) in [4.78, 5) is 1.86. The molecule has 0 radical (unpaired) electrons. The minimum atomic E-state index is -4.25. The second kappa shape index (κ2) is 11.0. The number of nitrogens with two attached hydrogens (primary N) is 1. The number of alkyl halides is 3. The highest BCUT2D eigenvalue weighted by molar-refractivity contribution is 5.73.